The molecule has 0 radical (unpaired) electrons. The second-order valence-electron chi connectivity index (χ2n) is 29.2. The number of nitrogens with zero attached hydrogens (tertiary/aromatic N) is 6. The second kappa shape index (κ2) is 26.2. The van der Waals surface area contributed by atoms with Gasteiger partial charge in [-0.25, -0.2) is 19.9 Å². The molecule has 1 fully saturated rings. The van der Waals surface area contributed by atoms with Gasteiger partial charge >= 0.3 is 7.12 Å². The molecule has 0 bridgehead atoms. The first-order chi connectivity index (χ1) is 54.8. The van der Waals surface area contributed by atoms with Crippen LogP contribution in [0, 0.1) is 0 Å². The van der Waals surface area contributed by atoms with Gasteiger partial charge < -0.3 is 35.8 Å². The van der Waals surface area contributed by atoms with Gasteiger partial charge in [-0.2, -0.15) is 9.97 Å². The van der Waals surface area contributed by atoms with Crippen LogP contribution in [0.2, 0.25) is 5.28 Å². The van der Waals surface area contributed by atoms with Gasteiger partial charge in [0.05, 0.1) is 11.2 Å². The number of aromatic nitrogens is 6. The van der Waals surface area contributed by atoms with Crippen LogP contribution < -0.4 is 5.46 Å². The highest BCUT2D eigenvalue weighted by atomic mass is 35.5. The van der Waals surface area contributed by atoms with E-state index >= 15 is 0 Å². The fourth-order valence-electron chi connectivity index (χ4n) is 15.4. The summed E-state index contributed by atoms with van der Waals surface area (Å²) in [4.78, 5) is 28.0. The molecule has 112 heavy (non-hydrogen) atoms. The summed E-state index contributed by atoms with van der Waals surface area (Å²) in [6.45, 7) is 8.27. The standard InChI is InChI=1S/C45H25N3O3.C30H25BO4.C21H12ClN3O/c1-2-9-26(10-3-1)43-46-44(28-18-21-33-31-11-4-6-15-37(31)49-40(33)24-28)48-45(47-43)29-19-22-35-34-20-17-27(23-39(34)50-41(35)25-29)30-13-8-14-36-32-12-5-7-16-38(32)51-42(30)36;1-29(2)30(3,4)35-31(34-29)19-13-15-23-22-14-12-18(16-26(22)32-27(23)17-19)20-9-7-10-24-21-8-5-6-11-25(21)33-28(20)24;22-21-24-19(13-6-2-1-3-7-13)23-20(25-21)14-10-11-16-15-8-4-5-9-17(15)26-18(16)12-14/h1-25H;5-17H,1-4H3;1-12H. The average Bonchev–Trinajstić information content (AvgIpc) is 1.60. The Balaban J connectivity index is 0.000000113. The SMILES string of the molecule is CC1(C)OB(c2ccc3c(c2)oc2cc(-c4cccc5c4oc4ccccc45)ccc23)OC1(C)C.Clc1nc(-c2ccccc2)nc(-c2ccc3c(c2)oc2ccccc23)n1.c1ccc(-c2nc(-c3ccc4c(c3)oc3ccccc34)nc(-c3ccc4c(c3)oc3cc(-c5cccc6c5oc5ccccc56)ccc34)n2)cc1. The molecule has 9 heterocycles. The van der Waals surface area contributed by atoms with Crippen LogP contribution >= 0.6 is 11.6 Å². The quantitative estimate of drug-likeness (QED) is 0.131. The van der Waals surface area contributed by atoms with Crippen LogP contribution in [-0.4, -0.2) is 48.2 Å². The molecule has 1 aliphatic rings. The van der Waals surface area contributed by atoms with E-state index < -0.39 is 7.12 Å². The van der Waals surface area contributed by atoms with Gasteiger partial charge in [0.15, 0.2) is 29.1 Å². The van der Waals surface area contributed by atoms with Gasteiger partial charge in [0.2, 0.25) is 5.28 Å². The fraction of sp³-hybridized carbons (Fsp3) is 0.0625. The molecule has 16 heteroatoms. The van der Waals surface area contributed by atoms with Crippen molar-refractivity contribution < 1.29 is 35.8 Å². The van der Waals surface area contributed by atoms with E-state index in [9.17, 15) is 0 Å². The monoisotopic (exact) mass is 1470 g/mol. The number of fused-ring (bicyclic) bond motifs is 18. The minimum absolute atomic E-state index is 0.165. The molecule has 22 aromatic rings. The van der Waals surface area contributed by atoms with Crippen molar-refractivity contribution in [3.05, 3.63) is 309 Å². The highest BCUT2D eigenvalue weighted by Crippen LogP contribution is 2.44. The zero-order valence-corrected chi connectivity index (χ0v) is 61.5. The Kier molecular flexibility index (Phi) is 15.5. The van der Waals surface area contributed by atoms with E-state index in [4.69, 9.17) is 62.4 Å². The van der Waals surface area contributed by atoms with Crippen molar-refractivity contribution >= 4 is 156 Å². The Morgan fingerprint density at radius 3 is 0.911 bits per heavy atom. The molecular formula is C96H62BClN6O8. The Morgan fingerprint density at radius 1 is 0.232 bits per heavy atom. The van der Waals surface area contributed by atoms with Crippen molar-refractivity contribution in [2.24, 2.45) is 0 Å². The Hall–Kier alpha value is -13.8. The Labute approximate surface area is 644 Å². The van der Waals surface area contributed by atoms with Crippen molar-refractivity contribution in [1.29, 1.82) is 0 Å². The zero-order chi connectivity index (χ0) is 74.9. The molecule has 23 rings (SSSR count). The summed E-state index contributed by atoms with van der Waals surface area (Å²) in [5, 5.41) is 13.1. The molecule has 534 valence electrons. The molecule has 8 aromatic heterocycles. The number of hydrogen-bond donors (Lipinski definition) is 0. The number of hydrogen-bond acceptors (Lipinski definition) is 14. The minimum Gasteiger partial charge on any atom is -0.456 e. The molecule has 1 saturated heterocycles. The van der Waals surface area contributed by atoms with Crippen LogP contribution in [0.15, 0.2) is 330 Å². The molecule has 0 N–H and O–H groups in total. The molecule has 14 aromatic carbocycles. The number of para-hydroxylation sites is 6. The molecule has 0 amide bonds. The molecule has 1 aliphatic heterocycles. The lowest BCUT2D eigenvalue weighted by atomic mass is 9.79. The second-order valence-corrected chi connectivity index (χ2v) is 29.5. The first kappa shape index (κ1) is 66.4. The normalized spacial score (nSPS) is 13.5. The van der Waals surface area contributed by atoms with E-state index in [0.29, 0.717) is 29.1 Å². The van der Waals surface area contributed by atoms with Crippen molar-refractivity contribution in [2.45, 2.75) is 38.9 Å². The summed E-state index contributed by atoms with van der Waals surface area (Å²) in [6.07, 6.45) is 0. The number of rotatable bonds is 8. The van der Waals surface area contributed by atoms with Crippen LogP contribution in [0.25, 0.3) is 211 Å². The van der Waals surface area contributed by atoms with Crippen molar-refractivity contribution in [1.82, 2.24) is 29.9 Å². The predicted octanol–water partition coefficient (Wildman–Crippen LogP) is 25.4. The summed E-state index contributed by atoms with van der Waals surface area (Å²) >= 11 is 6.15. The Bertz CT molecular complexity index is 7510. The van der Waals surface area contributed by atoms with Gasteiger partial charge in [-0.15, -0.1) is 0 Å². The van der Waals surface area contributed by atoms with E-state index in [-0.39, 0.29) is 16.5 Å². The fourth-order valence-corrected chi connectivity index (χ4v) is 15.6. The number of benzene rings is 14. The van der Waals surface area contributed by atoms with Gasteiger partial charge in [-0.3, -0.25) is 0 Å². The van der Waals surface area contributed by atoms with E-state index in [1.54, 1.807) is 0 Å². The third kappa shape index (κ3) is 11.5. The topological polar surface area (TPSA) is 175 Å². The molecule has 14 nitrogen and oxygen atoms in total. The first-order valence-corrected chi connectivity index (χ1v) is 37.4. The van der Waals surface area contributed by atoms with Gasteiger partial charge in [-0.05, 0) is 147 Å². The average molecular weight is 1470 g/mol. The predicted molar refractivity (Wildman–Crippen MR) is 449 cm³/mol. The van der Waals surface area contributed by atoms with Gasteiger partial charge in [0.25, 0.3) is 0 Å². The lowest BCUT2D eigenvalue weighted by molar-refractivity contribution is 0.00578. The minimum atomic E-state index is -0.418. The van der Waals surface area contributed by atoms with Crippen molar-refractivity contribution in [2.75, 3.05) is 0 Å². The van der Waals surface area contributed by atoms with Crippen LogP contribution in [0.1, 0.15) is 27.7 Å². The molecular weight excluding hydrogens is 1410 g/mol. The highest BCUT2D eigenvalue weighted by molar-refractivity contribution is 6.62. The third-order valence-electron chi connectivity index (χ3n) is 21.8. The molecule has 0 atom stereocenters. The summed E-state index contributed by atoms with van der Waals surface area (Å²) in [7, 11) is -0.418. The molecule has 0 saturated carbocycles. The summed E-state index contributed by atoms with van der Waals surface area (Å²) in [5.74, 6) is 2.78. The smallest absolute Gasteiger partial charge is 0.456 e. The summed E-state index contributed by atoms with van der Waals surface area (Å²) in [6, 6.07) is 102. The zero-order valence-electron chi connectivity index (χ0n) is 60.8. The van der Waals surface area contributed by atoms with Crippen LogP contribution in [0.3, 0.4) is 0 Å². The lowest BCUT2D eigenvalue weighted by Crippen LogP contribution is -2.41. The maximum absolute atomic E-state index is 6.54. The van der Waals surface area contributed by atoms with Gasteiger partial charge in [0.1, 0.15) is 67.0 Å². The van der Waals surface area contributed by atoms with Gasteiger partial charge in [0, 0.05) is 104 Å². The van der Waals surface area contributed by atoms with Gasteiger partial charge in [-0.1, -0.05) is 212 Å². The Morgan fingerprint density at radius 2 is 0.509 bits per heavy atom. The third-order valence-corrected chi connectivity index (χ3v) is 21.9. The maximum atomic E-state index is 6.54. The van der Waals surface area contributed by atoms with Crippen LogP contribution in [0.5, 0.6) is 0 Å². The van der Waals surface area contributed by atoms with Crippen LogP contribution in [0.4, 0.5) is 0 Å². The molecule has 0 aliphatic carbocycles. The summed E-state index contributed by atoms with van der Waals surface area (Å²) < 4.78 is 50.1. The number of furan rings is 6. The summed E-state index contributed by atoms with van der Waals surface area (Å²) in [5.41, 5.74) is 18.7. The largest absolute Gasteiger partial charge is 0.494 e. The van der Waals surface area contributed by atoms with Crippen LogP contribution in [-0.2, 0) is 9.31 Å². The van der Waals surface area contributed by atoms with E-state index in [1.165, 1.54) is 0 Å². The first-order valence-electron chi connectivity index (χ1n) is 37.0. The van der Waals surface area contributed by atoms with E-state index in [1.807, 2.05) is 182 Å². The lowest BCUT2D eigenvalue weighted by Gasteiger charge is -2.32. The van der Waals surface area contributed by atoms with Crippen molar-refractivity contribution in [3.63, 3.8) is 0 Å². The van der Waals surface area contributed by atoms with Crippen molar-refractivity contribution in [3.8, 4) is 79.2 Å². The number of halogens is 1. The van der Waals surface area contributed by atoms with E-state index in [0.717, 1.165) is 187 Å². The molecule has 0 spiro atoms. The maximum Gasteiger partial charge on any atom is 0.494 e. The van der Waals surface area contributed by atoms with E-state index in [2.05, 4.69) is 164 Å². The molecule has 0 unspecified atom stereocenters. The highest BCUT2D eigenvalue weighted by Gasteiger charge is 2.52.